The molecule has 0 radical (unpaired) electrons. The largest absolute Gasteiger partial charge is 0.508 e. The predicted octanol–water partition coefficient (Wildman–Crippen LogP) is 6.49. The second-order valence-electron chi connectivity index (χ2n) is 12.2. The number of carbonyl (C=O) groups excluding carboxylic acids is 3. The van der Waals surface area contributed by atoms with Crippen LogP contribution >= 0.6 is 0 Å². The summed E-state index contributed by atoms with van der Waals surface area (Å²) in [7, 11) is 0. The molecular weight excluding hydrogens is 478 g/mol. The zero-order chi connectivity index (χ0) is 27.8. The monoisotopic (exact) mass is 525 g/mol. The van der Waals surface area contributed by atoms with Crippen molar-refractivity contribution in [1.82, 2.24) is 4.90 Å². The molecule has 2 amide bonds. The zero-order valence-corrected chi connectivity index (χ0v) is 23.9. The highest BCUT2D eigenvalue weighted by Gasteiger charge is 2.58. The van der Waals surface area contributed by atoms with Gasteiger partial charge in [0.15, 0.2) is 0 Å². The molecule has 6 heteroatoms. The van der Waals surface area contributed by atoms with E-state index in [1.807, 2.05) is 12.1 Å². The summed E-state index contributed by atoms with van der Waals surface area (Å²) in [5.41, 5.74) is 1.13. The Bertz CT molecular complexity index is 937. The lowest BCUT2D eigenvalue weighted by Gasteiger charge is -2.17. The van der Waals surface area contributed by atoms with Crippen LogP contribution in [0.15, 0.2) is 36.4 Å². The number of fused-ring (bicyclic) bond motifs is 5. The van der Waals surface area contributed by atoms with E-state index in [0.29, 0.717) is 49.2 Å². The fraction of sp³-hybridized carbons (Fsp3) is 0.656. The van der Waals surface area contributed by atoms with Crippen LogP contribution in [-0.4, -0.2) is 40.9 Å². The summed E-state index contributed by atoms with van der Waals surface area (Å²) in [4.78, 5) is 37.8. The number of phenolic OH excluding ortho intramolecular Hbond substituents is 1. The lowest BCUT2D eigenvalue weighted by Crippen LogP contribution is -2.33. The number of ether oxygens (including phenoxy) is 1. The molecule has 1 aromatic carbocycles. The van der Waals surface area contributed by atoms with Crippen LogP contribution in [0.1, 0.15) is 91.0 Å². The molecule has 3 aliphatic rings. The fourth-order valence-electron chi connectivity index (χ4n) is 5.90. The van der Waals surface area contributed by atoms with Gasteiger partial charge in [-0.3, -0.25) is 19.3 Å². The second kappa shape index (κ2) is 14.0. The Kier molecular flexibility index (Phi) is 11.0. The Morgan fingerprint density at radius 1 is 0.895 bits per heavy atom. The first-order chi connectivity index (χ1) is 18.1. The number of imide groups is 1. The van der Waals surface area contributed by atoms with Crippen LogP contribution in [0.25, 0.3) is 0 Å². The lowest BCUT2D eigenvalue weighted by atomic mass is 9.85. The van der Waals surface area contributed by atoms with Crippen molar-refractivity contribution in [2.45, 2.75) is 85.5 Å². The van der Waals surface area contributed by atoms with Crippen LogP contribution < -0.4 is 0 Å². The van der Waals surface area contributed by atoms with Crippen LogP contribution in [-0.2, 0) is 19.1 Å². The molecule has 2 aliphatic carbocycles. The van der Waals surface area contributed by atoms with Gasteiger partial charge < -0.3 is 9.84 Å². The minimum atomic E-state index is -0.112. The zero-order valence-electron chi connectivity index (χ0n) is 23.9. The summed E-state index contributed by atoms with van der Waals surface area (Å²) in [6.45, 7) is 11.9. The number of rotatable bonds is 12. The van der Waals surface area contributed by atoms with Gasteiger partial charge in [0.2, 0.25) is 11.8 Å². The average Bonchev–Trinajstić information content (AvgIpc) is 3.56. The predicted molar refractivity (Wildman–Crippen MR) is 149 cm³/mol. The number of allylic oxidation sites excluding steroid dienone is 2. The lowest BCUT2D eigenvalue weighted by molar-refractivity contribution is -0.144. The Morgan fingerprint density at radius 2 is 1.45 bits per heavy atom. The van der Waals surface area contributed by atoms with Gasteiger partial charge in [0.05, 0.1) is 18.4 Å². The van der Waals surface area contributed by atoms with Crippen molar-refractivity contribution >= 4 is 17.8 Å². The summed E-state index contributed by atoms with van der Waals surface area (Å²) in [6, 6.07) is 7.15. The van der Waals surface area contributed by atoms with Gasteiger partial charge in [-0.25, -0.2) is 0 Å². The van der Waals surface area contributed by atoms with Gasteiger partial charge in [-0.1, -0.05) is 58.9 Å². The first-order valence-electron chi connectivity index (χ1n) is 14.6. The van der Waals surface area contributed by atoms with E-state index in [9.17, 15) is 19.5 Å². The summed E-state index contributed by atoms with van der Waals surface area (Å²) in [5, 5.41) is 9.24. The van der Waals surface area contributed by atoms with Crippen LogP contribution in [0, 0.1) is 35.5 Å². The fourth-order valence-corrected chi connectivity index (χ4v) is 5.90. The first-order valence-corrected chi connectivity index (χ1v) is 14.6. The summed E-state index contributed by atoms with van der Waals surface area (Å²) in [5.74, 6) is 2.58. The molecule has 5 atom stereocenters. The molecule has 2 bridgehead atoms. The molecule has 210 valence electrons. The highest BCUT2D eigenvalue weighted by atomic mass is 16.5. The Balaban J connectivity index is 0.000000211. The van der Waals surface area contributed by atoms with Crippen molar-refractivity contribution in [1.29, 1.82) is 0 Å². The number of likely N-dealkylation sites (tertiary alicyclic amines) is 1. The molecule has 1 heterocycles. The van der Waals surface area contributed by atoms with Gasteiger partial charge in [-0.05, 0) is 85.8 Å². The Morgan fingerprint density at radius 3 is 2.00 bits per heavy atom. The molecule has 1 saturated carbocycles. The standard InChI is InChI=1S/C17H26O3.C15H21NO2/c1-13(2)5-4-12-20-17(19)11-6-14(3)15-7-9-16(18)10-8-15;1-9(2)4-3-7-16-14(17)12-10-5-6-11(8-10)13(12)15(16)18/h7-10,13-14,18H,4-6,11-12H2,1-3H3;5-6,9-13H,3-4,7-8H2,1-2H3. The SMILES string of the molecule is CC(C)CCCN1C(=O)C2C3C=CC(C3)C2C1=O.CC(C)CCCOC(=O)CCC(C)c1ccc(O)cc1. The van der Waals surface area contributed by atoms with E-state index in [4.69, 9.17) is 4.74 Å². The summed E-state index contributed by atoms with van der Waals surface area (Å²) in [6.07, 6.45) is 10.6. The molecule has 4 rings (SSSR count). The number of benzene rings is 1. The number of hydrogen-bond donors (Lipinski definition) is 1. The molecule has 2 fully saturated rings. The van der Waals surface area contributed by atoms with Crippen LogP contribution in [0.3, 0.4) is 0 Å². The molecule has 1 N–H and O–H groups in total. The van der Waals surface area contributed by atoms with E-state index >= 15 is 0 Å². The van der Waals surface area contributed by atoms with E-state index in [-0.39, 0.29) is 35.4 Å². The Hall–Kier alpha value is -2.63. The molecular formula is C32H47NO5. The molecule has 1 saturated heterocycles. The molecule has 38 heavy (non-hydrogen) atoms. The molecule has 5 unspecified atom stereocenters. The smallest absolute Gasteiger partial charge is 0.305 e. The van der Waals surface area contributed by atoms with E-state index in [2.05, 4.69) is 46.8 Å². The molecule has 0 aromatic heterocycles. The number of esters is 1. The minimum absolute atomic E-state index is 0.0217. The Labute approximate surface area is 228 Å². The molecule has 1 aliphatic heterocycles. The van der Waals surface area contributed by atoms with Crippen LogP contribution in [0.4, 0.5) is 0 Å². The van der Waals surface area contributed by atoms with Crippen molar-refractivity contribution in [2.24, 2.45) is 35.5 Å². The quantitative estimate of drug-likeness (QED) is 0.146. The minimum Gasteiger partial charge on any atom is -0.508 e. The van der Waals surface area contributed by atoms with Crippen LogP contribution in [0.5, 0.6) is 5.75 Å². The van der Waals surface area contributed by atoms with Crippen molar-refractivity contribution < 1.29 is 24.2 Å². The number of aromatic hydroxyl groups is 1. The van der Waals surface area contributed by atoms with Crippen molar-refractivity contribution in [3.8, 4) is 5.75 Å². The maximum Gasteiger partial charge on any atom is 0.305 e. The molecule has 1 aromatic rings. The van der Waals surface area contributed by atoms with Crippen molar-refractivity contribution in [3.63, 3.8) is 0 Å². The highest BCUT2D eigenvalue weighted by molar-refractivity contribution is 6.06. The maximum absolute atomic E-state index is 12.3. The highest BCUT2D eigenvalue weighted by Crippen LogP contribution is 2.52. The maximum atomic E-state index is 12.3. The summed E-state index contributed by atoms with van der Waals surface area (Å²) >= 11 is 0. The number of amides is 2. The normalized spacial score (nSPS) is 24.1. The van der Waals surface area contributed by atoms with E-state index in [0.717, 1.165) is 44.1 Å². The van der Waals surface area contributed by atoms with E-state index in [1.54, 1.807) is 17.0 Å². The molecule has 0 spiro atoms. The number of hydrogen-bond acceptors (Lipinski definition) is 5. The van der Waals surface area contributed by atoms with Gasteiger partial charge >= 0.3 is 5.97 Å². The third-order valence-corrected chi connectivity index (χ3v) is 8.16. The van der Waals surface area contributed by atoms with Crippen molar-refractivity contribution in [3.05, 3.63) is 42.0 Å². The van der Waals surface area contributed by atoms with Crippen molar-refractivity contribution in [2.75, 3.05) is 13.2 Å². The third-order valence-electron chi connectivity index (χ3n) is 8.16. The van der Waals surface area contributed by atoms with Gasteiger partial charge in [0.25, 0.3) is 0 Å². The second-order valence-corrected chi connectivity index (χ2v) is 12.2. The number of phenols is 1. The van der Waals surface area contributed by atoms with Gasteiger partial charge in [-0.15, -0.1) is 0 Å². The first kappa shape index (κ1) is 29.9. The van der Waals surface area contributed by atoms with Crippen LogP contribution in [0.2, 0.25) is 0 Å². The van der Waals surface area contributed by atoms with E-state index < -0.39 is 0 Å². The number of nitrogens with zero attached hydrogens (tertiary/aromatic N) is 1. The van der Waals surface area contributed by atoms with Gasteiger partial charge in [-0.2, -0.15) is 0 Å². The van der Waals surface area contributed by atoms with Gasteiger partial charge in [0, 0.05) is 13.0 Å². The summed E-state index contributed by atoms with van der Waals surface area (Å²) < 4.78 is 5.22. The molecule has 6 nitrogen and oxygen atoms in total. The topological polar surface area (TPSA) is 83.9 Å². The van der Waals surface area contributed by atoms with E-state index in [1.165, 1.54) is 0 Å². The third kappa shape index (κ3) is 7.94. The average molecular weight is 526 g/mol. The van der Waals surface area contributed by atoms with Gasteiger partial charge in [0.1, 0.15) is 5.75 Å². The number of carbonyl (C=O) groups is 3.